The smallest absolute Gasteiger partial charge is 0.0894 e. The molecule has 1 aromatic carbocycles. The van der Waals surface area contributed by atoms with Gasteiger partial charge in [-0.1, -0.05) is 69.2 Å². The molecule has 0 spiro atoms. The zero-order chi connectivity index (χ0) is 19.1. The minimum absolute atomic E-state index is 0.167. The van der Waals surface area contributed by atoms with E-state index in [0.717, 1.165) is 25.7 Å². The third kappa shape index (κ3) is 10.2. The number of aryl methyl sites for hydroxylation is 2. The standard InChI is InChI=1S/C22H38FNO2/c23-17-9-7-5-3-1-2-4-6-8-10-20-11-13-21(14-12-20)15-16-22(24,18-25)19-26/h11-14,25-26H,1-10,15-19,24H2. The summed E-state index contributed by atoms with van der Waals surface area (Å²) in [5.41, 5.74) is 7.58. The first kappa shape index (κ1) is 23.1. The second kappa shape index (κ2) is 14.1. The van der Waals surface area contributed by atoms with Crippen LogP contribution in [0.1, 0.15) is 75.3 Å². The van der Waals surface area contributed by atoms with Gasteiger partial charge < -0.3 is 15.9 Å². The Morgan fingerprint density at radius 2 is 1.12 bits per heavy atom. The number of aliphatic hydroxyl groups is 2. The van der Waals surface area contributed by atoms with E-state index in [2.05, 4.69) is 24.3 Å². The van der Waals surface area contributed by atoms with Gasteiger partial charge in [0.1, 0.15) is 0 Å². The lowest BCUT2D eigenvalue weighted by atomic mass is 9.93. The Hall–Kier alpha value is -0.970. The first-order chi connectivity index (χ1) is 12.6. The highest BCUT2D eigenvalue weighted by atomic mass is 19.1. The normalized spacial score (nSPS) is 11.8. The molecular weight excluding hydrogens is 329 g/mol. The molecule has 1 rings (SSSR count). The summed E-state index contributed by atoms with van der Waals surface area (Å²) in [6.45, 7) is -0.557. The molecule has 0 aromatic heterocycles. The second-order valence-corrected chi connectivity index (χ2v) is 7.62. The van der Waals surface area contributed by atoms with Crippen molar-refractivity contribution in [2.45, 2.75) is 82.6 Å². The molecular formula is C22H38FNO2. The quantitative estimate of drug-likeness (QED) is 0.381. The lowest BCUT2D eigenvalue weighted by molar-refractivity contribution is 0.115. The molecule has 0 unspecified atom stereocenters. The maximum atomic E-state index is 12.0. The van der Waals surface area contributed by atoms with Crippen molar-refractivity contribution in [3.63, 3.8) is 0 Å². The maximum Gasteiger partial charge on any atom is 0.0894 e. The number of unbranched alkanes of at least 4 members (excludes halogenated alkanes) is 8. The lowest BCUT2D eigenvalue weighted by Crippen LogP contribution is -2.47. The van der Waals surface area contributed by atoms with Crippen molar-refractivity contribution in [2.75, 3.05) is 19.9 Å². The predicted octanol–water partition coefficient (Wildman–Crippen LogP) is 4.32. The summed E-state index contributed by atoms with van der Waals surface area (Å²) in [7, 11) is 0. The summed E-state index contributed by atoms with van der Waals surface area (Å²) < 4.78 is 12.0. The minimum atomic E-state index is -0.883. The van der Waals surface area contributed by atoms with Gasteiger partial charge in [0.15, 0.2) is 0 Å². The molecule has 0 radical (unpaired) electrons. The van der Waals surface area contributed by atoms with Crippen LogP contribution in [-0.2, 0) is 12.8 Å². The van der Waals surface area contributed by atoms with Gasteiger partial charge in [0.05, 0.1) is 25.4 Å². The van der Waals surface area contributed by atoms with Crippen LogP contribution in [0, 0.1) is 0 Å². The largest absolute Gasteiger partial charge is 0.394 e. The first-order valence-electron chi connectivity index (χ1n) is 10.3. The van der Waals surface area contributed by atoms with E-state index >= 15 is 0 Å². The van der Waals surface area contributed by atoms with Gasteiger partial charge in [-0.05, 0) is 43.2 Å². The Kier molecular flexibility index (Phi) is 12.5. The number of alkyl halides is 1. The van der Waals surface area contributed by atoms with Crippen molar-refractivity contribution in [1.82, 2.24) is 0 Å². The van der Waals surface area contributed by atoms with Crippen LogP contribution >= 0.6 is 0 Å². The molecule has 4 heteroatoms. The van der Waals surface area contributed by atoms with E-state index in [0.29, 0.717) is 6.42 Å². The van der Waals surface area contributed by atoms with Crippen molar-refractivity contribution in [3.8, 4) is 0 Å². The molecule has 0 aliphatic rings. The molecule has 0 amide bonds. The number of aliphatic hydroxyl groups excluding tert-OH is 2. The summed E-state index contributed by atoms with van der Waals surface area (Å²) in [5.74, 6) is 0. The summed E-state index contributed by atoms with van der Waals surface area (Å²) in [6.07, 6.45) is 13.0. The third-order valence-electron chi connectivity index (χ3n) is 5.16. The fourth-order valence-electron chi connectivity index (χ4n) is 3.14. The van der Waals surface area contributed by atoms with Gasteiger partial charge in [-0.25, -0.2) is 0 Å². The van der Waals surface area contributed by atoms with Gasteiger partial charge in [-0.2, -0.15) is 0 Å². The first-order valence-corrected chi connectivity index (χ1v) is 10.3. The summed E-state index contributed by atoms with van der Waals surface area (Å²) in [5, 5.41) is 18.5. The van der Waals surface area contributed by atoms with Crippen LogP contribution in [0.5, 0.6) is 0 Å². The van der Waals surface area contributed by atoms with Crippen molar-refractivity contribution in [2.24, 2.45) is 5.73 Å². The Labute approximate surface area is 158 Å². The molecule has 0 atom stereocenters. The fourth-order valence-corrected chi connectivity index (χ4v) is 3.14. The molecule has 0 saturated heterocycles. The molecule has 0 bridgehead atoms. The molecule has 4 N–H and O–H groups in total. The number of benzene rings is 1. The Bertz CT molecular complexity index is 446. The SMILES string of the molecule is NC(CO)(CO)CCc1ccc(CCCCCCCCCCCF)cc1. The molecule has 1 aromatic rings. The summed E-state index contributed by atoms with van der Waals surface area (Å²) >= 11 is 0. The molecule has 0 fully saturated rings. The minimum Gasteiger partial charge on any atom is -0.394 e. The van der Waals surface area contributed by atoms with Crippen molar-refractivity contribution in [3.05, 3.63) is 35.4 Å². The van der Waals surface area contributed by atoms with Crippen LogP contribution in [0.25, 0.3) is 0 Å². The maximum absolute atomic E-state index is 12.0. The number of halogens is 1. The predicted molar refractivity (Wildman–Crippen MR) is 107 cm³/mol. The van der Waals surface area contributed by atoms with E-state index in [1.165, 1.54) is 56.1 Å². The number of hydrogen-bond acceptors (Lipinski definition) is 3. The van der Waals surface area contributed by atoms with Gasteiger partial charge in [0, 0.05) is 0 Å². The van der Waals surface area contributed by atoms with E-state index in [1.807, 2.05) is 0 Å². The van der Waals surface area contributed by atoms with Crippen LogP contribution < -0.4 is 5.73 Å². The van der Waals surface area contributed by atoms with Crippen molar-refractivity contribution < 1.29 is 14.6 Å². The number of hydrogen-bond donors (Lipinski definition) is 3. The zero-order valence-corrected chi connectivity index (χ0v) is 16.3. The lowest BCUT2D eigenvalue weighted by Gasteiger charge is -2.24. The Morgan fingerprint density at radius 3 is 1.58 bits per heavy atom. The Morgan fingerprint density at radius 1 is 0.692 bits per heavy atom. The summed E-state index contributed by atoms with van der Waals surface area (Å²) in [6, 6.07) is 8.61. The number of rotatable bonds is 16. The Balaban J connectivity index is 2.10. The van der Waals surface area contributed by atoms with Crippen LogP contribution in [-0.4, -0.2) is 35.6 Å². The average Bonchev–Trinajstić information content (AvgIpc) is 2.68. The highest BCUT2D eigenvalue weighted by Crippen LogP contribution is 2.15. The molecule has 0 saturated carbocycles. The average molecular weight is 368 g/mol. The van der Waals surface area contributed by atoms with Crippen molar-refractivity contribution in [1.29, 1.82) is 0 Å². The zero-order valence-electron chi connectivity index (χ0n) is 16.3. The molecule has 150 valence electrons. The van der Waals surface area contributed by atoms with E-state index in [-0.39, 0.29) is 19.9 Å². The van der Waals surface area contributed by atoms with Crippen LogP contribution in [0.2, 0.25) is 0 Å². The van der Waals surface area contributed by atoms with E-state index in [1.54, 1.807) is 0 Å². The third-order valence-corrected chi connectivity index (χ3v) is 5.16. The van der Waals surface area contributed by atoms with Gasteiger partial charge in [-0.3, -0.25) is 4.39 Å². The van der Waals surface area contributed by atoms with Crippen LogP contribution in [0.3, 0.4) is 0 Å². The van der Waals surface area contributed by atoms with Crippen molar-refractivity contribution >= 4 is 0 Å². The monoisotopic (exact) mass is 367 g/mol. The molecule has 0 aliphatic carbocycles. The fraction of sp³-hybridized carbons (Fsp3) is 0.727. The van der Waals surface area contributed by atoms with Gasteiger partial charge in [0.25, 0.3) is 0 Å². The summed E-state index contributed by atoms with van der Waals surface area (Å²) in [4.78, 5) is 0. The van der Waals surface area contributed by atoms with Crippen LogP contribution in [0.15, 0.2) is 24.3 Å². The van der Waals surface area contributed by atoms with E-state index in [4.69, 9.17) is 5.73 Å². The topological polar surface area (TPSA) is 66.5 Å². The highest BCUT2D eigenvalue weighted by molar-refractivity contribution is 5.23. The molecule has 0 aliphatic heterocycles. The van der Waals surface area contributed by atoms with Gasteiger partial charge in [0.2, 0.25) is 0 Å². The molecule has 26 heavy (non-hydrogen) atoms. The second-order valence-electron chi connectivity index (χ2n) is 7.62. The molecule has 3 nitrogen and oxygen atoms in total. The van der Waals surface area contributed by atoms with Gasteiger partial charge >= 0.3 is 0 Å². The molecule has 0 heterocycles. The van der Waals surface area contributed by atoms with Crippen LogP contribution in [0.4, 0.5) is 4.39 Å². The van der Waals surface area contributed by atoms with E-state index < -0.39 is 5.54 Å². The highest BCUT2D eigenvalue weighted by Gasteiger charge is 2.22. The van der Waals surface area contributed by atoms with Gasteiger partial charge in [-0.15, -0.1) is 0 Å². The van der Waals surface area contributed by atoms with E-state index in [9.17, 15) is 14.6 Å². The number of nitrogens with two attached hydrogens (primary N) is 1.